The molecule has 1 N–H and O–H groups in total. The van der Waals surface area contributed by atoms with Crippen molar-refractivity contribution < 1.29 is 9.90 Å². The molecule has 2 aromatic heterocycles. The summed E-state index contributed by atoms with van der Waals surface area (Å²) in [6.07, 6.45) is 4.43. The minimum Gasteiger partial charge on any atom is -0.478 e. The Morgan fingerprint density at radius 3 is 2.47 bits per heavy atom. The Kier molecular flexibility index (Phi) is 6.09. The summed E-state index contributed by atoms with van der Waals surface area (Å²) in [6.45, 7) is 0. The van der Waals surface area contributed by atoms with Gasteiger partial charge in [-0.15, -0.1) is 24.8 Å². The van der Waals surface area contributed by atoms with Gasteiger partial charge in [-0.1, -0.05) is 0 Å². The molecule has 0 spiro atoms. The number of pyridine rings is 1. The molecule has 17 heavy (non-hydrogen) atoms. The zero-order valence-electron chi connectivity index (χ0n) is 8.48. The third-order valence-electron chi connectivity index (χ3n) is 1.86. The summed E-state index contributed by atoms with van der Waals surface area (Å²) in [5.74, 6) is -1.02. The molecule has 0 bridgehead atoms. The van der Waals surface area contributed by atoms with Gasteiger partial charge < -0.3 is 5.11 Å². The summed E-state index contributed by atoms with van der Waals surface area (Å²) >= 11 is 0. The van der Waals surface area contributed by atoms with E-state index in [0.29, 0.717) is 11.4 Å². The van der Waals surface area contributed by atoms with Gasteiger partial charge in [0.1, 0.15) is 12.0 Å². The number of carbonyl (C=O) groups is 1. The van der Waals surface area contributed by atoms with Gasteiger partial charge in [0.05, 0.1) is 11.3 Å². The molecule has 0 unspecified atom stereocenters. The smallest absolute Gasteiger partial charge is 0.337 e. The van der Waals surface area contributed by atoms with Crippen LogP contribution in [0.15, 0.2) is 36.9 Å². The molecule has 0 radical (unpaired) electrons. The first-order chi connectivity index (χ1) is 7.29. The van der Waals surface area contributed by atoms with E-state index in [4.69, 9.17) is 5.11 Å². The van der Waals surface area contributed by atoms with E-state index in [2.05, 4.69) is 15.0 Å². The first-order valence-electron chi connectivity index (χ1n) is 4.24. The van der Waals surface area contributed by atoms with Crippen molar-refractivity contribution in [3.63, 3.8) is 0 Å². The van der Waals surface area contributed by atoms with Crippen LogP contribution in [0, 0.1) is 0 Å². The van der Waals surface area contributed by atoms with Crippen molar-refractivity contribution >= 4 is 30.8 Å². The monoisotopic (exact) mass is 273 g/mol. The topological polar surface area (TPSA) is 76.0 Å². The minimum absolute atomic E-state index is 0. The second kappa shape index (κ2) is 6.78. The molecule has 0 atom stereocenters. The molecule has 0 aliphatic carbocycles. The van der Waals surface area contributed by atoms with E-state index in [9.17, 15) is 4.79 Å². The van der Waals surface area contributed by atoms with Crippen LogP contribution in [0.2, 0.25) is 0 Å². The van der Waals surface area contributed by atoms with Crippen LogP contribution >= 0.6 is 24.8 Å². The van der Waals surface area contributed by atoms with Gasteiger partial charge in [0.15, 0.2) is 0 Å². The van der Waals surface area contributed by atoms with Crippen molar-refractivity contribution in [2.75, 3.05) is 0 Å². The highest BCUT2D eigenvalue weighted by atomic mass is 35.5. The molecule has 0 aromatic carbocycles. The lowest BCUT2D eigenvalue weighted by atomic mass is 10.1. The van der Waals surface area contributed by atoms with Gasteiger partial charge in [-0.2, -0.15) is 0 Å². The van der Waals surface area contributed by atoms with Crippen LogP contribution < -0.4 is 0 Å². The Morgan fingerprint density at radius 2 is 1.88 bits per heavy atom. The molecule has 0 amide bonds. The lowest BCUT2D eigenvalue weighted by Gasteiger charge is -2.02. The predicted octanol–water partition coefficient (Wildman–Crippen LogP) is 2.08. The van der Waals surface area contributed by atoms with E-state index in [1.165, 1.54) is 18.6 Å². The summed E-state index contributed by atoms with van der Waals surface area (Å²) in [4.78, 5) is 22.6. The number of aromatic carboxylic acids is 1. The molecule has 90 valence electrons. The van der Waals surface area contributed by atoms with Crippen LogP contribution in [0.3, 0.4) is 0 Å². The first-order valence-corrected chi connectivity index (χ1v) is 4.24. The maximum atomic E-state index is 10.9. The van der Waals surface area contributed by atoms with Crippen LogP contribution in [-0.2, 0) is 0 Å². The van der Waals surface area contributed by atoms with Crippen molar-refractivity contribution in [2.45, 2.75) is 0 Å². The second-order valence-corrected chi connectivity index (χ2v) is 2.80. The number of carboxylic acid groups (broad SMARTS) is 1. The van der Waals surface area contributed by atoms with Gasteiger partial charge >= 0.3 is 5.97 Å². The van der Waals surface area contributed by atoms with Crippen molar-refractivity contribution in [1.82, 2.24) is 15.0 Å². The molecule has 5 nitrogen and oxygen atoms in total. The standard InChI is InChI=1S/C10H7N3O2.2ClH/c14-10(15)7-2-1-4-12-9(7)8-3-5-11-6-13-8;;/h1-6H,(H,14,15);2*1H. The average molecular weight is 274 g/mol. The SMILES string of the molecule is Cl.Cl.O=C(O)c1cccnc1-c1ccncn1. The fourth-order valence-corrected chi connectivity index (χ4v) is 1.21. The zero-order chi connectivity index (χ0) is 10.7. The first kappa shape index (κ1) is 15.3. The zero-order valence-corrected chi connectivity index (χ0v) is 10.1. The van der Waals surface area contributed by atoms with E-state index >= 15 is 0 Å². The summed E-state index contributed by atoms with van der Waals surface area (Å²) in [5.41, 5.74) is 0.992. The van der Waals surface area contributed by atoms with Crippen molar-refractivity contribution in [3.05, 3.63) is 42.5 Å². The summed E-state index contributed by atoms with van der Waals surface area (Å²) in [7, 11) is 0. The Hall–Kier alpha value is -1.72. The Balaban J connectivity index is 0.00000128. The maximum absolute atomic E-state index is 10.9. The number of nitrogens with zero attached hydrogens (tertiary/aromatic N) is 3. The molecule has 0 saturated heterocycles. The van der Waals surface area contributed by atoms with Crippen molar-refractivity contribution in [1.29, 1.82) is 0 Å². The minimum atomic E-state index is -1.02. The van der Waals surface area contributed by atoms with Gasteiger partial charge in [0.25, 0.3) is 0 Å². The fourth-order valence-electron chi connectivity index (χ4n) is 1.21. The van der Waals surface area contributed by atoms with Crippen LogP contribution in [0.5, 0.6) is 0 Å². The molecule has 7 heteroatoms. The summed E-state index contributed by atoms with van der Waals surface area (Å²) in [5, 5.41) is 8.94. The van der Waals surface area contributed by atoms with Gasteiger partial charge in [-0.05, 0) is 18.2 Å². The molecular formula is C10H9Cl2N3O2. The maximum Gasteiger partial charge on any atom is 0.337 e. The van der Waals surface area contributed by atoms with E-state index in [1.807, 2.05) is 0 Å². The lowest BCUT2D eigenvalue weighted by molar-refractivity contribution is 0.0697. The molecule has 2 rings (SSSR count). The van der Waals surface area contributed by atoms with E-state index in [0.717, 1.165) is 0 Å². The quantitative estimate of drug-likeness (QED) is 0.907. The van der Waals surface area contributed by atoms with E-state index in [-0.39, 0.29) is 30.4 Å². The van der Waals surface area contributed by atoms with Gasteiger partial charge in [0.2, 0.25) is 0 Å². The Bertz CT molecular complexity index is 494. The van der Waals surface area contributed by atoms with Gasteiger partial charge in [-0.3, -0.25) is 4.98 Å². The van der Waals surface area contributed by atoms with E-state index in [1.54, 1.807) is 18.3 Å². The van der Waals surface area contributed by atoms with Crippen LogP contribution in [0.1, 0.15) is 10.4 Å². The van der Waals surface area contributed by atoms with Crippen molar-refractivity contribution in [2.24, 2.45) is 0 Å². The number of carboxylic acids is 1. The number of hydrogen-bond acceptors (Lipinski definition) is 4. The van der Waals surface area contributed by atoms with Crippen LogP contribution in [0.4, 0.5) is 0 Å². The second-order valence-electron chi connectivity index (χ2n) is 2.80. The highest BCUT2D eigenvalue weighted by Gasteiger charge is 2.12. The molecular weight excluding hydrogens is 265 g/mol. The highest BCUT2D eigenvalue weighted by Crippen LogP contribution is 2.17. The molecule has 0 aliphatic rings. The highest BCUT2D eigenvalue weighted by molar-refractivity contribution is 5.94. The number of hydrogen-bond donors (Lipinski definition) is 1. The molecule has 2 aromatic rings. The molecule has 0 aliphatic heterocycles. The predicted molar refractivity (Wildman–Crippen MR) is 66.7 cm³/mol. The van der Waals surface area contributed by atoms with Crippen LogP contribution in [-0.4, -0.2) is 26.0 Å². The van der Waals surface area contributed by atoms with Crippen LogP contribution in [0.25, 0.3) is 11.4 Å². The number of aromatic nitrogens is 3. The van der Waals surface area contributed by atoms with Gasteiger partial charge in [-0.25, -0.2) is 14.8 Å². The molecule has 0 fully saturated rings. The number of rotatable bonds is 2. The average Bonchev–Trinajstić information content (AvgIpc) is 2.30. The summed E-state index contributed by atoms with van der Waals surface area (Å²) < 4.78 is 0. The molecule has 0 saturated carbocycles. The lowest BCUT2D eigenvalue weighted by Crippen LogP contribution is -2.01. The normalized spacial score (nSPS) is 8.71. The fraction of sp³-hybridized carbons (Fsp3) is 0. The Morgan fingerprint density at radius 1 is 1.12 bits per heavy atom. The number of halogens is 2. The van der Waals surface area contributed by atoms with E-state index < -0.39 is 5.97 Å². The summed E-state index contributed by atoms with van der Waals surface area (Å²) in [6, 6.07) is 4.69. The largest absolute Gasteiger partial charge is 0.478 e. The molecule has 2 heterocycles. The Labute approximate surface area is 110 Å². The third kappa shape index (κ3) is 3.37. The third-order valence-corrected chi connectivity index (χ3v) is 1.86. The van der Waals surface area contributed by atoms with Crippen molar-refractivity contribution in [3.8, 4) is 11.4 Å². The van der Waals surface area contributed by atoms with Gasteiger partial charge in [0, 0.05) is 12.4 Å².